The number of amides is 1. The molecule has 1 amide bonds. The Balaban J connectivity index is 1.86. The van der Waals surface area contributed by atoms with Crippen molar-refractivity contribution in [1.29, 1.82) is 0 Å². The van der Waals surface area contributed by atoms with Gasteiger partial charge in [-0.2, -0.15) is 0 Å². The van der Waals surface area contributed by atoms with Crippen molar-refractivity contribution >= 4 is 11.9 Å². The summed E-state index contributed by atoms with van der Waals surface area (Å²) in [4.78, 5) is 25.5. The summed E-state index contributed by atoms with van der Waals surface area (Å²) in [5.41, 5.74) is 0. The Bertz CT molecular complexity index is 531. The first kappa shape index (κ1) is 17.3. The third-order valence-corrected chi connectivity index (χ3v) is 4.42. The number of carbonyl (C=O) groups excluding carboxylic acids is 1. The molecule has 0 spiro atoms. The molecule has 1 heterocycles. The van der Waals surface area contributed by atoms with Crippen LogP contribution in [0, 0.1) is 11.8 Å². The molecule has 1 N–H and O–H groups in total. The van der Waals surface area contributed by atoms with E-state index in [9.17, 15) is 14.7 Å². The highest BCUT2D eigenvalue weighted by Gasteiger charge is 2.36. The van der Waals surface area contributed by atoms with Gasteiger partial charge in [0.05, 0.1) is 6.61 Å². The summed E-state index contributed by atoms with van der Waals surface area (Å²) in [6.45, 7) is 4.85. The molecule has 3 unspecified atom stereocenters. The molecule has 0 aromatic heterocycles. The van der Waals surface area contributed by atoms with Gasteiger partial charge in [0.1, 0.15) is 11.8 Å². The monoisotopic (exact) mass is 319 g/mol. The zero-order chi connectivity index (χ0) is 16.8. The number of piperidine rings is 1. The van der Waals surface area contributed by atoms with Gasteiger partial charge in [-0.3, -0.25) is 4.79 Å². The highest BCUT2D eigenvalue weighted by Crippen LogP contribution is 2.25. The van der Waals surface area contributed by atoms with Crippen molar-refractivity contribution < 1.29 is 19.4 Å². The Morgan fingerprint density at radius 3 is 2.70 bits per heavy atom. The Hall–Kier alpha value is -2.04. The fourth-order valence-corrected chi connectivity index (χ4v) is 2.92. The predicted octanol–water partition coefficient (Wildman–Crippen LogP) is 2.80. The molecule has 0 saturated carbocycles. The van der Waals surface area contributed by atoms with Crippen molar-refractivity contribution in [3.8, 4) is 5.75 Å². The van der Waals surface area contributed by atoms with Crippen molar-refractivity contribution in [3.63, 3.8) is 0 Å². The predicted molar refractivity (Wildman–Crippen MR) is 87.3 cm³/mol. The maximum atomic E-state index is 12.6. The number of ether oxygens (including phenoxy) is 1. The number of carboxylic acids is 1. The second-order valence-electron chi connectivity index (χ2n) is 6.37. The lowest BCUT2D eigenvalue weighted by molar-refractivity contribution is -0.154. The van der Waals surface area contributed by atoms with Crippen molar-refractivity contribution in [1.82, 2.24) is 4.90 Å². The molecule has 3 atom stereocenters. The minimum atomic E-state index is -0.905. The first-order valence-electron chi connectivity index (χ1n) is 8.20. The van der Waals surface area contributed by atoms with Crippen LogP contribution in [0.1, 0.15) is 33.1 Å². The van der Waals surface area contributed by atoms with Gasteiger partial charge >= 0.3 is 5.97 Å². The van der Waals surface area contributed by atoms with Crippen LogP contribution in [-0.2, 0) is 9.59 Å². The molecular weight excluding hydrogens is 294 g/mol. The zero-order valence-corrected chi connectivity index (χ0v) is 13.8. The summed E-state index contributed by atoms with van der Waals surface area (Å²) < 4.78 is 5.62. The Labute approximate surface area is 137 Å². The van der Waals surface area contributed by atoms with Crippen LogP contribution < -0.4 is 4.74 Å². The van der Waals surface area contributed by atoms with E-state index in [0.717, 1.165) is 12.2 Å². The third-order valence-electron chi connectivity index (χ3n) is 4.42. The van der Waals surface area contributed by atoms with Gasteiger partial charge in [0.2, 0.25) is 5.91 Å². The fraction of sp³-hybridized carbons (Fsp3) is 0.556. The van der Waals surface area contributed by atoms with E-state index >= 15 is 0 Å². The number of benzene rings is 1. The molecule has 1 fully saturated rings. The Morgan fingerprint density at radius 2 is 2.04 bits per heavy atom. The number of carbonyl (C=O) groups is 2. The molecule has 1 aliphatic rings. The quantitative estimate of drug-likeness (QED) is 0.875. The van der Waals surface area contributed by atoms with E-state index in [1.165, 1.54) is 4.90 Å². The number of hydrogen-bond acceptors (Lipinski definition) is 3. The van der Waals surface area contributed by atoms with Gasteiger partial charge in [0.15, 0.2) is 0 Å². The summed E-state index contributed by atoms with van der Waals surface area (Å²) in [7, 11) is 0. The van der Waals surface area contributed by atoms with E-state index in [1.807, 2.05) is 44.2 Å². The number of hydrogen-bond donors (Lipinski definition) is 1. The van der Waals surface area contributed by atoms with E-state index < -0.39 is 12.0 Å². The van der Waals surface area contributed by atoms with Crippen molar-refractivity contribution in [2.75, 3.05) is 13.2 Å². The van der Waals surface area contributed by atoms with Gasteiger partial charge in [-0.25, -0.2) is 4.79 Å². The summed E-state index contributed by atoms with van der Waals surface area (Å²) in [6.07, 6.45) is 1.98. The van der Waals surface area contributed by atoms with E-state index in [2.05, 4.69) is 0 Å². The molecule has 2 rings (SSSR count). The lowest BCUT2D eigenvalue weighted by Crippen LogP contribution is -2.51. The van der Waals surface area contributed by atoms with Crippen LogP contribution in [0.15, 0.2) is 30.3 Å². The van der Waals surface area contributed by atoms with Gasteiger partial charge in [-0.15, -0.1) is 0 Å². The minimum Gasteiger partial charge on any atom is -0.494 e. The second-order valence-corrected chi connectivity index (χ2v) is 6.37. The maximum absolute atomic E-state index is 12.6. The van der Waals surface area contributed by atoms with E-state index in [4.69, 9.17) is 4.74 Å². The second kappa shape index (κ2) is 7.99. The number of nitrogens with zero attached hydrogens (tertiary/aromatic N) is 1. The highest BCUT2D eigenvalue weighted by molar-refractivity contribution is 5.85. The van der Waals surface area contributed by atoms with Gasteiger partial charge in [-0.05, 0) is 37.3 Å². The molecule has 1 aromatic rings. The summed E-state index contributed by atoms with van der Waals surface area (Å²) >= 11 is 0. The Morgan fingerprint density at radius 1 is 1.35 bits per heavy atom. The van der Waals surface area contributed by atoms with Crippen LogP contribution >= 0.6 is 0 Å². The minimum absolute atomic E-state index is 0.0824. The molecule has 5 nitrogen and oxygen atoms in total. The molecule has 1 aliphatic heterocycles. The molecule has 5 heteroatoms. The van der Waals surface area contributed by atoms with Gasteiger partial charge in [0.25, 0.3) is 0 Å². The number of para-hydroxylation sites is 1. The third kappa shape index (κ3) is 4.71. The maximum Gasteiger partial charge on any atom is 0.326 e. The standard InChI is InChI=1S/C18H25NO4/c1-13-8-10-19(16(12-13)18(21)22)17(20)14(2)9-11-23-15-6-4-3-5-7-15/h3-7,13-14,16H,8-12H2,1-2H3,(H,21,22). The average molecular weight is 319 g/mol. The highest BCUT2D eigenvalue weighted by atomic mass is 16.5. The van der Waals surface area contributed by atoms with Gasteiger partial charge < -0.3 is 14.7 Å². The van der Waals surface area contributed by atoms with Crippen molar-refractivity contribution in [3.05, 3.63) is 30.3 Å². The van der Waals surface area contributed by atoms with Crippen molar-refractivity contribution in [2.24, 2.45) is 11.8 Å². The summed E-state index contributed by atoms with van der Waals surface area (Å²) in [6, 6.07) is 8.77. The molecule has 23 heavy (non-hydrogen) atoms. The van der Waals surface area contributed by atoms with Gasteiger partial charge in [0, 0.05) is 12.5 Å². The molecule has 126 valence electrons. The first-order chi connectivity index (χ1) is 11.0. The summed E-state index contributed by atoms with van der Waals surface area (Å²) in [5, 5.41) is 9.36. The number of aliphatic carboxylic acids is 1. The smallest absolute Gasteiger partial charge is 0.326 e. The zero-order valence-electron chi connectivity index (χ0n) is 13.8. The lowest BCUT2D eigenvalue weighted by Gasteiger charge is -2.37. The molecule has 0 radical (unpaired) electrons. The van der Waals surface area contributed by atoms with Crippen LogP contribution in [0.4, 0.5) is 0 Å². The molecule has 1 saturated heterocycles. The van der Waals surface area contributed by atoms with Crippen LogP contribution in [-0.4, -0.2) is 41.1 Å². The molecule has 0 aliphatic carbocycles. The normalized spacial score (nSPS) is 22.4. The molecule has 0 bridgehead atoms. The fourth-order valence-electron chi connectivity index (χ4n) is 2.92. The van der Waals surface area contributed by atoms with E-state index in [0.29, 0.717) is 31.9 Å². The molecule has 1 aromatic carbocycles. The number of rotatable bonds is 6. The SMILES string of the molecule is CC1CCN(C(=O)C(C)CCOc2ccccc2)C(C(=O)O)C1. The largest absolute Gasteiger partial charge is 0.494 e. The van der Waals surface area contributed by atoms with Crippen LogP contribution in [0.5, 0.6) is 5.75 Å². The summed E-state index contributed by atoms with van der Waals surface area (Å²) in [5.74, 6) is -0.105. The van der Waals surface area contributed by atoms with Gasteiger partial charge in [-0.1, -0.05) is 32.0 Å². The topological polar surface area (TPSA) is 66.8 Å². The van der Waals surface area contributed by atoms with Crippen LogP contribution in [0.2, 0.25) is 0 Å². The van der Waals surface area contributed by atoms with Crippen LogP contribution in [0.3, 0.4) is 0 Å². The van der Waals surface area contributed by atoms with Crippen molar-refractivity contribution in [2.45, 2.75) is 39.2 Å². The van der Waals surface area contributed by atoms with Crippen LogP contribution in [0.25, 0.3) is 0 Å². The lowest BCUT2D eigenvalue weighted by atomic mass is 9.91. The van der Waals surface area contributed by atoms with E-state index in [-0.39, 0.29) is 11.8 Å². The Kier molecular flexibility index (Phi) is 6.02. The first-order valence-corrected chi connectivity index (χ1v) is 8.20. The molecular formula is C18H25NO4. The van der Waals surface area contributed by atoms with E-state index in [1.54, 1.807) is 0 Å². The number of carboxylic acid groups (broad SMARTS) is 1. The average Bonchev–Trinajstić information content (AvgIpc) is 2.55. The number of likely N-dealkylation sites (tertiary alicyclic amines) is 1.